The van der Waals surface area contributed by atoms with Crippen molar-refractivity contribution in [2.24, 2.45) is 5.92 Å². The molecule has 1 heterocycles. The fourth-order valence-electron chi connectivity index (χ4n) is 3.50. The van der Waals surface area contributed by atoms with Crippen LogP contribution in [0.15, 0.2) is 24.3 Å². The molecule has 0 bridgehead atoms. The van der Waals surface area contributed by atoms with Crippen molar-refractivity contribution in [2.45, 2.75) is 61.6 Å². The van der Waals surface area contributed by atoms with E-state index in [0.29, 0.717) is 18.7 Å². The molecule has 1 aliphatic heterocycles. The lowest BCUT2D eigenvalue weighted by molar-refractivity contribution is -0.174. The van der Waals surface area contributed by atoms with Gasteiger partial charge in [0.1, 0.15) is 18.4 Å². The first-order chi connectivity index (χ1) is 16.2. The molecule has 0 saturated carbocycles. The summed E-state index contributed by atoms with van der Waals surface area (Å²) >= 11 is 1.62. The first kappa shape index (κ1) is 29.1. The Morgan fingerprint density at radius 3 is 2.37 bits per heavy atom. The number of amides is 2. The molecule has 0 aromatic heterocycles. The topological polar surface area (TPSA) is 99.7 Å². The molecule has 1 saturated heterocycles. The molecule has 2 rings (SSSR count). The summed E-state index contributed by atoms with van der Waals surface area (Å²) in [5.74, 6) is -6.76. The van der Waals surface area contributed by atoms with Gasteiger partial charge in [-0.1, -0.05) is 26.0 Å². The summed E-state index contributed by atoms with van der Waals surface area (Å²) in [4.78, 5) is 24.3. The van der Waals surface area contributed by atoms with Crippen molar-refractivity contribution in [1.29, 1.82) is 0 Å². The molecular weight excluding hydrogens is 497 g/mol. The molecule has 2 unspecified atom stereocenters. The number of alkyl halides is 5. The molecule has 1 fully saturated rings. The Morgan fingerprint density at radius 1 is 1.20 bits per heavy atom. The van der Waals surface area contributed by atoms with Crippen LogP contribution in [0.3, 0.4) is 0 Å². The van der Waals surface area contributed by atoms with E-state index in [-0.39, 0.29) is 5.25 Å². The zero-order valence-corrected chi connectivity index (χ0v) is 20.3. The van der Waals surface area contributed by atoms with Crippen molar-refractivity contribution in [2.75, 3.05) is 20.2 Å². The minimum Gasteiger partial charge on any atom is -0.497 e. The Morgan fingerprint density at radius 2 is 1.83 bits per heavy atom. The molecule has 4 N–H and O–H groups in total. The monoisotopic (exact) mass is 527 g/mol. The van der Waals surface area contributed by atoms with E-state index in [4.69, 9.17) is 4.74 Å². The molecule has 1 aliphatic rings. The number of hydrogen-bond acceptors (Lipinski definition) is 6. The third kappa shape index (κ3) is 8.50. The fraction of sp³-hybridized carbons (Fsp3) is 0.636. The molecule has 1 aromatic rings. The first-order valence-electron chi connectivity index (χ1n) is 10.9. The second-order valence-corrected chi connectivity index (χ2v) is 9.91. The van der Waals surface area contributed by atoms with E-state index in [2.05, 4.69) is 10.6 Å². The second-order valence-electron chi connectivity index (χ2n) is 8.62. The molecular formula is C22H30F5N3O4S. The fourth-order valence-corrected chi connectivity index (χ4v) is 4.66. The highest BCUT2D eigenvalue weighted by Crippen LogP contribution is 2.28. The summed E-state index contributed by atoms with van der Waals surface area (Å²) in [7, 11) is 1.58. The first-order valence-corrected chi connectivity index (χ1v) is 12.0. The maximum Gasteiger partial charge on any atom is 0.405 e. The summed E-state index contributed by atoms with van der Waals surface area (Å²) in [5, 5.41) is 16.7. The van der Waals surface area contributed by atoms with Gasteiger partial charge >= 0.3 is 12.1 Å². The summed E-state index contributed by atoms with van der Waals surface area (Å²) in [6.07, 6.45) is -7.20. The Labute approximate surface area is 204 Å². The van der Waals surface area contributed by atoms with Gasteiger partial charge in [0, 0.05) is 17.5 Å². The van der Waals surface area contributed by atoms with Crippen LogP contribution in [0.25, 0.3) is 0 Å². The number of methoxy groups -OCH3 is 1. The van der Waals surface area contributed by atoms with Crippen molar-refractivity contribution in [3.05, 3.63) is 29.8 Å². The van der Waals surface area contributed by atoms with Crippen LogP contribution in [0, 0.1) is 5.92 Å². The summed E-state index contributed by atoms with van der Waals surface area (Å²) < 4.78 is 70.7. The SMILES string of the molecule is COc1ccc(CS[C@H]2CN[C@H](C(=O)NC(C(C)C)C(O)C(F)(F)C(=O)NCC(F)(F)F)C2)cc1. The molecule has 35 heavy (non-hydrogen) atoms. The highest BCUT2D eigenvalue weighted by molar-refractivity contribution is 7.99. The summed E-state index contributed by atoms with van der Waals surface area (Å²) in [5.41, 5.74) is 1.07. The summed E-state index contributed by atoms with van der Waals surface area (Å²) in [6.45, 7) is 1.42. The highest BCUT2D eigenvalue weighted by Gasteiger charge is 2.52. The number of ether oxygens (including phenoxy) is 1. The van der Waals surface area contributed by atoms with Crippen LogP contribution in [-0.2, 0) is 15.3 Å². The maximum absolute atomic E-state index is 14.4. The van der Waals surface area contributed by atoms with E-state index in [9.17, 15) is 36.6 Å². The van der Waals surface area contributed by atoms with Gasteiger partial charge in [0.25, 0.3) is 5.91 Å². The van der Waals surface area contributed by atoms with Gasteiger partial charge in [0.05, 0.1) is 19.2 Å². The molecule has 13 heteroatoms. The van der Waals surface area contributed by atoms with Gasteiger partial charge in [-0.2, -0.15) is 33.7 Å². The lowest BCUT2D eigenvalue weighted by atomic mass is 9.93. The number of thioether (sulfide) groups is 1. The predicted molar refractivity (Wildman–Crippen MR) is 121 cm³/mol. The predicted octanol–water partition coefficient (Wildman–Crippen LogP) is 2.47. The number of carbonyl (C=O) groups excluding carboxylic acids is 2. The van der Waals surface area contributed by atoms with Crippen molar-refractivity contribution >= 4 is 23.6 Å². The molecule has 1 aromatic carbocycles. The Kier molecular flexibility index (Phi) is 10.2. The molecule has 4 atom stereocenters. The average Bonchev–Trinajstić information content (AvgIpc) is 3.27. The molecule has 0 aliphatic carbocycles. The third-order valence-electron chi connectivity index (χ3n) is 5.54. The number of hydrogen-bond donors (Lipinski definition) is 4. The van der Waals surface area contributed by atoms with Gasteiger partial charge in [-0.15, -0.1) is 0 Å². The van der Waals surface area contributed by atoms with Crippen molar-refractivity contribution in [3.8, 4) is 5.75 Å². The maximum atomic E-state index is 14.4. The molecule has 198 valence electrons. The second kappa shape index (κ2) is 12.2. The van der Waals surface area contributed by atoms with E-state index in [1.165, 1.54) is 13.8 Å². The molecule has 2 amide bonds. The van der Waals surface area contributed by atoms with E-state index in [1.807, 2.05) is 24.3 Å². The summed E-state index contributed by atoms with van der Waals surface area (Å²) in [6, 6.07) is 5.27. The highest BCUT2D eigenvalue weighted by atomic mass is 32.2. The third-order valence-corrected chi connectivity index (χ3v) is 6.87. The zero-order chi connectivity index (χ0) is 26.4. The number of carbonyl (C=O) groups is 2. The number of halogens is 5. The number of benzene rings is 1. The van der Waals surface area contributed by atoms with E-state index < -0.39 is 54.6 Å². The van der Waals surface area contributed by atoms with Crippen molar-refractivity contribution in [1.82, 2.24) is 16.0 Å². The minimum absolute atomic E-state index is 0.0739. The van der Waals surface area contributed by atoms with Gasteiger partial charge in [-0.3, -0.25) is 9.59 Å². The zero-order valence-electron chi connectivity index (χ0n) is 19.5. The van der Waals surface area contributed by atoms with Crippen LogP contribution in [0.4, 0.5) is 22.0 Å². The van der Waals surface area contributed by atoms with Crippen molar-refractivity contribution in [3.63, 3.8) is 0 Å². The lowest BCUT2D eigenvalue weighted by Gasteiger charge is -2.32. The van der Waals surface area contributed by atoms with Gasteiger partial charge in [0.2, 0.25) is 5.91 Å². The quantitative estimate of drug-likeness (QED) is 0.330. The Hall–Kier alpha value is -2.12. The van der Waals surface area contributed by atoms with Crippen LogP contribution >= 0.6 is 11.8 Å². The Balaban J connectivity index is 1.92. The number of rotatable bonds is 11. The van der Waals surface area contributed by atoms with E-state index in [1.54, 1.807) is 18.9 Å². The van der Waals surface area contributed by atoms with Crippen LogP contribution in [0.1, 0.15) is 25.8 Å². The van der Waals surface area contributed by atoms with E-state index in [0.717, 1.165) is 16.6 Å². The van der Waals surface area contributed by atoms with Crippen LogP contribution < -0.4 is 20.7 Å². The van der Waals surface area contributed by atoms with Gasteiger partial charge in [-0.25, -0.2) is 0 Å². The van der Waals surface area contributed by atoms with Gasteiger partial charge < -0.3 is 25.8 Å². The molecule has 7 nitrogen and oxygen atoms in total. The van der Waals surface area contributed by atoms with Crippen LogP contribution in [-0.4, -0.2) is 72.7 Å². The van der Waals surface area contributed by atoms with Crippen molar-refractivity contribution < 1.29 is 41.4 Å². The largest absolute Gasteiger partial charge is 0.497 e. The molecule has 0 radical (unpaired) electrons. The van der Waals surface area contributed by atoms with E-state index >= 15 is 0 Å². The van der Waals surface area contributed by atoms with Crippen LogP contribution in [0.5, 0.6) is 5.75 Å². The minimum atomic E-state index is -4.89. The average molecular weight is 528 g/mol. The number of nitrogens with one attached hydrogen (secondary N) is 3. The van der Waals surface area contributed by atoms with Gasteiger partial charge in [-0.05, 0) is 30.0 Å². The normalized spacial score (nSPS) is 20.4. The number of aliphatic hydroxyl groups is 1. The smallest absolute Gasteiger partial charge is 0.405 e. The lowest BCUT2D eigenvalue weighted by Crippen LogP contribution is -2.61. The van der Waals surface area contributed by atoms with Crippen LogP contribution in [0.2, 0.25) is 0 Å². The standard InChI is InChI=1S/C22H30F5N3O4S/c1-12(2)17(18(31)22(26,27)20(33)29-11-21(23,24)25)30-19(32)16-8-15(9-28-16)35-10-13-4-6-14(34-3)7-5-13/h4-7,12,15-18,28,31H,8-11H2,1-3H3,(H,29,33)(H,30,32)/t15-,16+,17?,18?/m1/s1. The number of aliphatic hydroxyl groups excluding tert-OH is 1. The Bertz CT molecular complexity index is 854. The molecule has 0 spiro atoms. The van der Waals surface area contributed by atoms with Gasteiger partial charge in [0.15, 0.2) is 0 Å².